The summed E-state index contributed by atoms with van der Waals surface area (Å²) in [6, 6.07) is 27.8. The lowest BCUT2D eigenvalue weighted by atomic mass is 9.86. The summed E-state index contributed by atoms with van der Waals surface area (Å²) in [5.41, 5.74) is 7.69. The number of nitrogens with zero attached hydrogens (tertiary/aromatic N) is 1. The van der Waals surface area contributed by atoms with Gasteiger partial charge in [0.25, 0.3) is 0 Å². The molecule has 0 fully saturated rings. The summed E-state index contributed by atoms with van der Waals surface area (Å²) in [6.07, 6.45) is 0.455. The Morgan fingerprint density at radius 2 is 1.18 bits per heavy atom. The molecule has 0 aliphatic heterocycles. The Bertz CT molecular complexity index is 841. The molecule has 0 atom stereocenters. The predicted molar refractivity (Wildman–Crippen MR) is 88.6 cm³/mol. The van der Waals surface area contributed by atoms with E-state index in [-0.39, 0.29) is 5.92 Å². The fourth-order valence-corrected chi connectivity index (χ4v) is 3.55. The summed E-state index contributed by atoms with van der Waals surface area (Å²) in [7, 11) is 0. The SMILES string of the molecule is N#CCc1ccccc1C1c2ccccc2-c2ccccc21. The molecule has 0 unspecified atom stereocenters. The third kappa shape index (κ3) is 1.85. The van der Waals surface area contributed by atoms with Crippen LogP contribution in [0.4, 0.5) is 0 Å². The Kier molecular flexibility index (Phi) is 3.02. The van der Waals surface area contributed by atoms with Gasteiger partial charge in [-0.1, -0.05) is 72.8 Å². The van der Waals surface area contributed by atoms with E-state index in [0.29, 0.717) is 6.42 Å². The molecular formula is C21H15N. The van der Waals surface area contributed by atoms with Gasteiger partial charge in [-0.15, -0.1) is 0 Å². The smallest absolute Gasteiger partial charge is 0.0669 e. The van der Waals surface area contributed by atoms with Crippen molar-refractivity contribution in [3.8, 4) is 17.2 Å². The van der Waals surface area contributed by atoms with E-state index in [9.17, 15) is 0 Å². The zero-order chi connectivity index (χ0) is 14.9. The van der Waals surface area contributed by atoms with Crippen molar-refractivity contribution >= 4 is 0 Å². The predicted octanol–water partition coefficient (Wildman–Crippen LogP) is 4.91. The van der Waals surface area contributed by atoms with Crippen LogP contribution in [0.2, 0.25) is 0 Å². The Morgan fingerprint density at radius 3 is 1.77 bits per heavy atom. The van der Waals surface area contributed by atoms with Crippen LogP contribution in [0, 0.1) is 11.3 Å². The average Bonchev–Trinajstić information content (AvgIpc) is 2.90. The molecule has 0 saturated carbocycles. The summed E-state index contributed by atoms with van der Waals surface area (Å²) in [4.78, 5) is 0. The first-order valence-electron chi connectivity index (χ1n) is 7.53. The Labute approximate surface area is 130 Å². The van der Waals surface area contributed by atoms with Crippen LogP contribution in [0.1, 0.15) is 28.2 Å². The van der Waals surface area contributed by atoms with Gasteiger partial charge < -0.3 is 0 Å². The zero-order valence-electron chi connectivity index (χ0n) is 12.2. The van der Waals surface area contributed by atoms with Crippen molar-refractivity contribution in [2.75, 3.05) is 0 Å². The van der Waals surface area contributed by atoms with Crippen LogP contribution in [-0.4, -0.2) is 0 Å². The molecule has 0 amide bonds. The normalized spacial score (nSPS) is 12.5. The van der Waals surface area contributed by atoms with Crippen molar-refractivity contribution in [3.63, 3.8) is 0 Å². The van der Waals surface area contributed by atoms with Gasteiger partial charge in [0, 0.05) is 5.92 Å². The minimum absolute atomic E-state index is 0.233. The lowest BCUT2D eigenvalue weighted by Crippen LogP contribution is -2.03. The highest BCUT2D eigenvalue weighted by atomic mass is 14.3. The summed E-state index contributed by atoms with van der Waals surface area (Å²) in [5, 5.41) is 9.13. The largest absolute Gasteiger partial charge is 0.198 e. The maximum Gasteiger partial charge on any atom is 0.0669 e. The first kappa shape index (κ1) is 12.9. The van der Waals surface area contributed by atoms with E-state index in [0.717, 1.165) is 5.56 Å². The molecule has 4 rings (SSSR count). The minimum atomic E-state index is 0.233. The number of nitriles is 1. The van der Waals surface area contributed by atoms with Gasteiger partial charge in [0.2, 0.25) is 0 Å². The second-order valence-electron chi connectivity index (χ2n) is 5.64. The lowest BCUT2D eigenvalue weighted by Gasteiger charge is -2.17. The summed E-state index contributed by atoms with van der Waals surface area (Å²) in [5.74, 6) is 0.233. The van der Waals surface area contributed by atoms with Gasteiger partial charge in [-0.3, -0.25) is 0 Å². The minimum Gasteiger partial charge on any atom is -0.198 e. The lowest BCUT2D eigenvalue weighted by molar-refractivity contribution is 0.984. The Balaban J connectivity index is 1.99. The number of hydrogen-bond donors (Lipinski definition) is 0. The van der Waals surface area contributed by atoms with Crippen molar-refractivity contribution in [3.05, 3.63) is 95.1 Å². The van der Waals surface area contributed by atoms with Gasteiger partial charge >= 0.3 is 0 Å². The molecule has 104 valence electrons. The molecule has 0 radical (unpaired) electrons. The molecular weight excluding hydrogens is 266 g/mol. The fourth-order valence-electron chi connectivity index (χ4n) is 3.55. The van der Waals surface area contributed by atoms with E-state index in [1.807, 2.05) is 6.07 Å². The third-order valence-electron chi connectivity index (χ3n) is 4.47. The molecule has 0 aromatic heterocycles. The van der Waals surface area contributed by atoms with Gasteiger partial charge in [0.15, 0.2) is 0 Å². The molecule has 1 heteroatoms. The van der Waals surface area contributed by atoms with Gasteiger partial charge in [-0.2, -0.15) is 5.26 Å². The Hall–Kier alpha value is -2.85. The molecule has 3 aromatic carbocycles. The van der Waals surface area contributed by atoms with Gasteiger partial charge in [0.1, 0.15) is 0 Å². The second kappa shape index (κ2) is 5.16. The van der Waals surface area contributed by atoms with Crippen LogP contribution in [0.5, 0.6) is 0 Å². The highest BCUT2D eigenvalue weighted by Gasteiger charge is 2.30. The number of benzene rings is 3. The first-order chi connectivity index (χ1) is 10.9. The summed E-state index contributed by atoms with van der Waals surface area (Å²) < 4.78 is 0. The monoisotopic (exact) mass is 281 g/mol. The fraction of sp³-hybridized carbons (Fsp3) is 0.0952. The maximum absolute atomic E-state index is 9.13. The molecule has 1 aliphatic carbocycles. The van der Waals surface area contributed by atoms with Crippen LogP contribution in [0.25, 0.3) is 11.1 Å². The van der Waals surface area contributed by atoms with E-state index in [4.69, 9.17) is 5.26 Å². The first-order valence-corrected chi connectivity index (χ1v) is 7.53. The molecule has 0 N–H and O–H groups in total. The van der Waals surface area contributed by atoms with Crippen molar-refractivity contribution in [1.82, 2.24) is 0 Å². The number of fused-ring (bicyclic) bond motifs is 3. The van der Waals surface area contributed by atoms with Crippen molar-refractivity contribution < 1.29 is 0 Å². The molecule has 0 saturated heterocycles. The van der Waals surface area contributed by atoms with Crippen LogP contribution >= 0.6 is 0 Å². The highest BCUT2D eigenvalue weighted by molar-refractivity contribution is 5.80. The van der Waals surface area contributed by atoms with Crippen LogP contribution in [0.3, 0.4) is 0 Å². The van der Waals surface area contributed by atoms with Crippen molar-refractivity contribution in [2.24, 2.45) is 0 Å². The highest BCUT2D eigenvalue weighted by Crippen LogP contribution is 2.48. The Morgan fingerprint density at radius 1 is 0.682 bits per heavy atom. The third-order valence-corrected chi connectivity index (χ3v) is 4.47. The van der Waals surface area contributed by atoms with Gasteiger partial charge in [0.05, 0.1) is 12.5 Å². The molecule has 1 nitrogen and oxygen atoms in total. The van der Waals surface area contributed by atoms with E-state index in [2.05, 4.69) is 72.8 Å². The van der Waals surface area contributed by atoms with E-state index < -0.39 is 0 Å². The standard InChI is InChI=1S/C21H15N/c22-14-13-15-7-1-2-8-16(15)21-19-11-5-3-9-17(19)18-10-4-6-12-20(18)21/h1-12,21H,13H2. The van der Waals surface area contributed by atoms with Crippen LogP contribution in [0.15, 0.2) is 72.8 Å². The molecule has 0 spiro atoms. The number of rotatable bonds is 2. The topological polar surface area (TPSA) is 23.8 Å². The number of hydrogen-bond acceptors (Lipinski definition) is 1. The molecule has 0 bridgehead atoms. The summed E-state index contributed by atoms with van der Waals surface area (Å²) in [6.45, 7) is 0. The average molecular weight is 281 g/mol. The molecule has 1 aliphatic rings. The van der Waals surface area contributed by atoms with Crippen molar-refractivity contribution in [1.29, 1.82) is 5.26 Å². The van der Waals surface area contributed by atoms with Crippen molar-refractivity contribution in [2.45, 2.75) is 12.3 Å². The van der Waals surface area contributed by atoms with Crippen LogP contribution < -0.4 is 0 Å². The zero-order valence-corrected chi connectivity index (χ0v) is 12.2. The van der Waals surface area contributed by atoms with Gasteiger partial charge in [-0.25, -0.2) is 0 Å². The maximum atomic E-state index is 9.13. The van der Waals surface area contributed by atoms with E-state index in [1.54, 1.807) is 0 Å². The van der Waals surface area contributed by atoms with Gasteiger partial charge in [-0.05, 0) is 33.4 Å². The quantitative estimate of drug-likeness (QED) is 0.512. The molecule has 3 aromatic rings. The van der Waals surface area contributed by atoms with Crippen LogP contribution in [-0.2, 0) is 6.42 Å². The second-order valence-corrected chi connectivity index (χ2v) is 5.64. The molecule has 22 heavy (non-hydrogen) atoms. The summed E-state index contributed by atoms with van der Waals surface area (Å²) >= 11 is 0. The van der Waals surface area contributed by atoms with E-state index in [1.165, 1.54) is 27.8 Å². The molecule has 0 heterocycles. The van der Waals surface area contributed by atoms with E-state index >= 15 is 0 Å².